The SMILES string of the molecule is C[C@@H]1CN([C@H](C)CNCc2csc(-c3ccccn3)n2)C[C@H](C)O1. The summed E-state index contributed by atoms with van der Waals surface area (Å²) in [5.74, 6) is 0. The zero-order valence-corrected chi connectivity index (χ0v) is 15.4. The Morgan fingerprint density at radius 3 is 2.83 bits per heavy atom. The van der Waals surface area contributed by atoms with E-state index < -0.39 is 0 Å². The largest absolute Gasteiger partial charge is 0.373 e. The van der Waals surface area contributed by atoms with Crippen LogP contribution >= 0.6 is 11.3 Å². The lowest BCUT2D eigenvalue weighted by Gasteiger charge is -2.39. The van der Waals surface area contributed by atoms with Gasteiger partial charge in [0.25, 0.3) is 0 Å². The lowest BCUT2D eigenvalue weighted by atomic mass is 10.1. The van der Waals surface area contributed by atoms with Crippen LogP contribution in [0.5, 0.6) is 0 Å². The molecule has 0 aromatic carbocycles. The summed E-state index contributed by atoms with van der Waals surface area (Å²) >= 11 is 1.65. The summed E-state index contributed by atoms with van der Waals surface area (Å²) in [5, 5.41) is 6.63. The van der Waals surface area contributed by atoms with E-state index in [0.29, 0.717) is 18.2 Å². The monoisotopic (exact) mass is 346 g/mol. The second-order valence-corrected chi connectivity index (χ2v) is 7.41. The first-order chi connectivity index (χ1) is 11.6. The highest BCUT2D eigenvalue weighted by Gasteiger charge is 2.25. The average molecular weight is 347 g/mol. The third kappa shape index (κ3) is 4.60. The van der Waals surface area contributed by atoms with Gasteiger partial charge in [0.15, 0.2) is 0 Å². The van der Waals surface area contributed by atoms with Gasteiger partial charge in [0.2, 0.25) is 0 Å². The van der Waals surface area contributed by atoms with Crippen molar-refractivity contribution < 1.29 is 4.74 Å². The summed E-state index contributed by atoms with van der Waals surface area (Å²) in [6.07, 6.45) is 2.44. The number of hydrogen-bond acceptors (Lipinski definition) is 6. The van der Waals surface area contributed by atoms with E-state index >= 15 is 0 Å². The zero-order valence-electron chi connectivity index (χ0n) is 14.6. The van der Waals surface area contributed by atoms with Crippen molar-refractivity contribution in [3.63, 3.8) is 0 Å². The van der Waals surface area contributed by atoms with Crippen molar-refractivity contribution in [1.29, 1.82) is 0 Å². The third-order valence-corrected chi connectivity index (χ3v) is 5.17. The van der Waals surface area contributed by atoms with E-state index in [-0.39, 0.29) is 0 Å². The number of morpholine rings is 1. The number of hydrogen-bond donors (Lipinski definition) is 1. The maximum absolute atomic E-state index is 5.81. The highest BCUT2D eigenvalue weighted by molar-refractivity contribution is 7.13. The third-order valence-electron chi connectivity index (χ3n) is 4.25. The molecule has 3 atom stereocenters. The van der Waals surface area contributed by atoms with E-state index in [2.05, 4.69) is 46.3 Å². The molecule has 0 aliphatic carbocycles. The Morgan fingerprint density at radius 1 is 1.33 bits per heavy atom. The molecule has 3 rings (SSSR count). The van der Waals surface area contributed by atoms with Gasteiger partial charge in [-0.2, -0.15) is 0 Å². The van der Waals surface area contributed by atoms with Crippen molar-refractivity contribution in [1.82, 2.24) is 20.2 Å². The molecule has 0 bridgehead atoms. The highest BCUT2D eigenvalue weighted by atomic mass is 32.1. The van der Waals surface area contributed by atoms with Gasteiger partial charge in [-0.05, 0) is 32.9 Å². The Bertz CT molecular complexity index is 623. The molecule has 0 amide bonds. The highest BCUT2D eigenvalue weighted by Crippen LogP contribution is 2.21. The fourth-order valence-corrected chi connectivity index (χ4v) is 3.91. The molecule has 130 valence electrons. The smallest absolute Gasteiger partial charge is 0.142 e. The van der Waals surface area contributed by atoms with E-state index in [1.807, 2.05) is 18.2 Å². The van der Waals surface area contributed by atoms with Gasteiger partial charge in [0, 0.05) is 43.8 Å². The van der Waals surface area contributed by atoms with Gasteiger partial charge >= 0.3 is 0 Å². The van der Waals surface area contributed by atoms with E-state index in [1.165, 1.54) is 0 Å². The van der Waals surface area contributed by atoms with E-state index in [0.717, 1.165) is 42.6 Å². The molecule has 0 radical (unpaired) electrons. The number of aromatic nitrogens is 2. The minimum absolute atomic E-state index is 0.315. The van der Waals surface area contributed by atoms with E-state index in [9.17, 15) is 0 Å². The molecule has 0 saturated carbocycles. The van der Waals surface area contributed by atoms with Gasteiger partial charge in [-0.3, -0.25) is 9.88 Å². The minimum Gasteiger partial charge on any atom is -0.373 e. The normalized spacial score (nSPS) is 23.3. The first kappa shape index (κ1) is 17.5. The van der Waals surface area contributed by atoms with E-state index in [1.54, 1.807) is 17.5 Å². The molecule has 5 nitrogen and oxygen atoms in total. The Morgan fingerprint density at radius 2 is 2.12 bits per heavy atom. The number of rotatable bonds is 6. The number of pyridine rings is 1. The van der Waals surface area contributed by atoms with Crippen molar-refractivity contribution in [3.05, 3.63) is 35.5 Å². The Kier molecular flexibility index (Phi) is 5.94. The van der Waals surface area contributed by atoms with Crippen LogP contribution in [0.3, 0.4) is 0 Å². The van der Waals surface area contributed by atoms with Crippen molar-refractivity contribution in [2.45, 2.75) is 45.6 Å². The quantitative estimate of drug-likeness (QED) is 0.872. The van der Waals surface area contributed by atoms with Crippen molar-refractivity contribution >= 4 is 11.3 Å². The molecule has 1 saturated heterocycles. The maximum Gasteiger partial charge on any atom is 0.142 e. The zero-order chi connectivity index (χ0) is 16.9. The van der Waals surface area contributed by atoms with Gasteiger partial charge in [0.1, 0.15) is 5.01 Å². The van der Waals surface area contributed by atoms with Crippen molar-refractivity contribution in [2.75, 3.05) is 19.6 Å². The molecule has 0 spiro atoms. The van der Waals surface area contributed by atoms with Gasteiger partial charge in [-0.1, -0.05) is 6.07 Å². The van der Waals surface area contributed by atoms with Gasteiger partial charge < -0.3 is 10.1 Å². The van der Waals surface area contributed by atoms with Gasteiger partial charge in [-0.15, -0.1) is 11.3 Å². The standard InChI is InChI=1S/C18H26N4OS/c1-13(22-10-14(2)23-15(3)11-22)8-19-9-16-12-24-18(21-16)17-6-4-5-7-20-17/h4-7,12-15,19H,8-11H2,1-3H3/t13-,14-,15+/m1/s1. The summed E-state index contributed by atoms with van der Waals surface area (Å²) < 4.78 is 5.81. The van der Waals surface area contributed by atoms with Crippen LogP contribution in [-0.2, 0) is 11.3 Å². The molecule has 1 N–H and O–H groups in total. The van der Waals surface area contributed by atoms with Crippen LogP contribution in [0, 0.1) is 0 Å². The summed E-state index contributed by atoms with van der Waals surface area (Å²) in [4.78, 5) is 11.5. The van der Waals surface area contributed by atoms with Crippen LogP contribution in [0.15, 0.2) is 29.8 Å². The average Bonchev–Trinajstić information content (AvgIpc) is 3.03. The summed E-state index contributed by atoms with van der Waals surface area (Å²) in [6.45, 7) is 10.3. The second kappa shape index (κ2) is 8.16. The van der Waals surface area contributed by atoms with Crippen LogP contribution in [-0.4, -0.2) is 52.8 Å². The fraction of sp³-hybridized carbons (Fsp3) is 0.556. The number of nitrogens with zero attached hydrogens (tertiary/aromatic N) is 3. The minimum atomic E-state index is 0.315. The lowest BCUT2D eigenvalue weighted by molar-refractivity contribution is -0.0781. The Balaban J connectivity index is 1.47. The van der Waals surface area contributed by atoms with E-state index in [4.69, 9.17) is 4.74 Å². The summed E-state index contributed by atoms with van der Waals surface area (Å²) in [6, 6.07) is 6.41. The first-order valence-corrected chi connectivity index (χ1v) is 9.46. The Hall–Kier alpha value is -1.34. The molecule has 24 heavy (non-hydrogen) atoms. The molecular formula is C18H26N4OS. The molecule has 1 aliphatic rings. The summed E-state index contributed by atoms with van der Waals surface area (Å²) in [5.41, 5.74) is 2.02. The molecule has 1 aliphatic heterocycles. The number of thiazole rings is 1. The topological polar surface area (TPSA) is 50.3 Å². The second-order valence-electron chi connectivity index (χ2n) is 6.55. The predicted molar refractivity (Wildman–Crippen MR) is 98.1 cm³/mol. The van der Waals surface area contributed by atoms with Gasteiger partial charge in [0.05, 0.1) is 23.6 Å². The molecule has 6 heteroatoms. The predicted octanol–water partition coefficient (Wildman–Crippen LogP) is 2.79. The number of ether oxygens (including phenoxy) is 1. The van der Waals surface area contributed by atoms with Crippen LogP contribution < -0.4 is 5.32 Å². The van der Waals surface area contributed by atoms with Crippen LogP contribution in [0.4, 0.5) is 0 Å². The van der Waals surface area contributed by atoms with Crippen LogP contribution in [0.1, 0.15) is 26.5 Å². The molecule has 3 heterocycles. The summed E-state index contributed by atoms with van der Waals surface area (Å²) in [7, 11) is 0. The lowest BCUT2D eigenvalue weighted by Crippen LogP contribution is -2.51. The molecular weight excluding hydrogens is 320 g/mol. The van der Waals surface area contributed by atoms with Gasteiger partial charge in [-0.25, -0.2) is 4.98 Å². The maximum atomic E-state index is 5.81. The fourth-order valence-electron chi connectivity index (χ4n) is 3.11. The molecule has 2 aromatic heterocycles. The van der Waals surface area contributed by atoms with Crippen LogP contribution in [0.25, 0.3) is 10.7 Å². The first-order valence-electron chi connectivity index (χ1n) is 8.58. The van der Waals surface area contributed by atoms with Crippen LogP contribution in [0.2, 0.25) is 0 Å². The molecule has 2 aromatic rings. The van der Waals surface area contributed by atoms with Crippen molar-refractivity contribution in [3.8, 4) is 10.7 Å². The Labute approximate surface area is 148 Å². The number of nitrogens with one attached hydrogen (secondary N) is 1. The van der Waals surface area contributed by atoms with Crippen molar-refractivity contribution in [2.24, 2.45) is 0 Å². The molecule has 0 unspecified atom stereocenters. The molecule has 1 fully saturated rings.